The average molecular weight is 157 g/mol. The number of nitrogens with two attached hydrogens (primary N) is 1. The Kier molecular flexibility index (Phi) is 2.50. The summed E-state index contributed by atoms with van der Waals surface area (Å²) >= 11 is 0. The molecule has 0 saturated carbocycles. The van der Waals surface area contributed by atoms with Crippen molar-refractivity contribution in [3.63, 3.8) is 0 Å². The lowest BCUT2D eigenvalue weighted by Gasteiger charge is -1.98. The molecular formula is C5H11N5O. The molecule has 1 atom stereocenters. The van der Waals surface area contributed by atoms with Crippen molar-refractivity contribution in [1.29, 1.82) is 0 Å². The Labute approximate surface area is 64.0 Å². The fourth-order valence-corrected chi connectivity index (χ4v) is 0.620. The third-order valence-electron chi connectivity index (χ3n) is 1.28. The molecule has 0 bridgehead atoms. The maximum Gasteiger partial charge on any atom is 0.193 e. The smallest absolute Gasteiger partial charge is 0.193 e. The fourth-order valence-electron chi connectivity index (χ4n) is 0.620. The van der Waals surface area contributed by atoms with Crippen molar-refractivity contribution in [2.24, 2.45) is 5.73 Å². The van der Waals surface area contributed by atoms with Gasteiger partial charge in [0.2, 0.25) is 0 Å². The topological polar surface area (TPSA) is 89.9 Å². The van der Waals surface area contributed by atoms with Gasteiger partial charge in [0.1, 0.15) is 0 Å². The minimum atomic E-state index is -0.518. The Hall–Kier alpha value is -1.01. The second-order valence-corrected chi connectivity index (χ2v) is 2.13. The number of tetrazole rings is 1. The lowest BCUT2D eigenvalue weighted by Crippen LogP contribution is -2.16. The second-order valence-electron chi connectivity index (χ2n) is 2.13. The molecule has 0 aliphatic heterocycles. The van der Waals surface area contributed by atoms with E-state index in [1.165, 1.54) is 4.80 Å². The summed E-state index contributed by atoms with van der Waals surface area (Å²) in [5.41, 5.74) is 5.43. The molecule has 0 saturated heterocycles. The van der Waals surface area contributed by atoms with Crippen molar-refractivity contribution >= 4 is 0 Å². The minimum Gasteiger partial charge on any atom is -0.394 e. The predicted octanol–water partition coefficient (Wildman–Crippen LogP) is -1.31. The molecule has 3 N–H and O–H groups in total. The summed E-state index contributed by atoms with van der Waals surface area (Å²) in [6.07, 6.45) is 0. The highest BCUT2D eigenvalue weighted by Gasteiger charge is 2.09. The molecule has 1 aromatic rings. The molecule has 0 aliphatic carbocycles. The van der Waals surface area contributed by atoms with Gasteiger partial charge >= 0.3 is 0 Å². The van der Waals surface area contributed by atoms with Gasteiger partial charge < -0.3 is 10.8 Å². The normalized spacial score (nSPS) is 13.4. The summed E-state index contributed by atoms with van der Waals surface area (Å²) in [5, 5.41) is 19.9. The first-order chi connectivity index (χ1) is 5.27. The predicted molar refractivity (Wildman–Crippen MR) is 37.5 cm³/mol. The minimum absolute atomic E-state index is 0.157. The van der Waals surface area contributed by atoms with Gasteiger partial charge in [-0.25, -0.2) is 0 Å². The van der Waals surface area contributed by atoms with Crippen molar-refractivity contribution in [3.8, 4) is 0 Å². The monoisotopic (exact) mass is 157 g/mol. The quantitative estimate of drug-likeness (QED) is 0.568. The van der Waals surface area contributed by atoms with E-state index in [4.69, 9.17) is 10.8 Å². The van der Waals surface area contributed by atoms with E-state index in [0.717, 1.165) is 0 Å². The lowest BCUT2D eigenvalue weighted by molar-refractivity contribution is 0.263. The zero-order chi connectivity index (χ0) is 8.27. The first-order valence-electron chi connectivity index (χ1n) is 3.42. The van der Waals surface area contributed by atoms with Gasteiger partial charge in [-0.3, -0.25) is 0 Å². The van der Waals surface area contributed by atoms with E-state index < -0.39 is 6.04 Å². The fraction of sp³-hybridized carbons (Fsp3) is 0.800. The maximum atomic E-state index is 8.63. The number of aryl methyl sites for hydroxylation is 1. The third kappa shape index (κ3) is 1.72. The van der Waals surface area contributed by atoms with E-state index in [0.29, 0.717) is 12.4 Å². The highest BCUT2D eigenvalue weighted by Crippen LogP contribution is 1.98. The molecule has 0 aliphatic rings. The van der Waals surface area contributed by atoms with Crippen LogP contribution >= 0.6 is 0 Å². The maximum absolute atomic E-state index is 8.63. The number of hydrogen-bond donors (Lipinski definition) is 2. The number of aromatic nitrogens is 4. The molecule has 6 heteroatoms. The second kappa shape index (κ2) is 3.40. The van der Waals surface area contributed by atoms with Crippen molar-refractivity contribution in [2.75, 3.05) is 6.61 Å². The van der Waals surface area contributed by atoms with Crippen LogP contribution in [0.4, 0.5) is 0 Å². The van der Waals surface area contributed by atoms with Gasteiger partial charge in [0.15, 0.2) is 5.82 Å². The van der Waals surface area contributed by atoms with Crippen LogP contribution in [0.3, 0.4) is 0 Å². The largest absolute Gasteiger partial charge is 0.394 e. The SMILES string of the molecule is CCn1nnc(C(N)CO)n1. The van der Waals surface area contributed by atoms with E-state index in [-0.39, 0.29) is 6.61 Å². The van der Waals surface area contributed by atoms with Gasteiger partial charge in [-0.15, -0.1) is 10.2 Å². The van der Waals surface area contributed by atoms with Crippen LogP contribution in [0.2, 0.25) is 0 Å². The van der Waals surface area contributed by atoms with Crippen LogP contribution in [0.5, 0.6) is 0 Å². The van der Waals surface area contributed by atoms with Crippen molar-refractivity contribution in [2.45, 2.75) is 19.5 Å². The van der Waals surface area contributed by atoms with Crippen LogP contribution in [0.15, 0.2) is 0 Å². The number of rotatable bonds is 3. The van der Waals surface area contributed by atoms with Crippen molar-refractivity contribution in [3.05, 3.63) is 5.82 Å². The number of nitrogens with zero attached hydrogens (tertiary/aromatic N) is 4. The Morgan fingerprint density at radius 2 is 2.45 bits per heavy atom. The van der Waals surface area contributed by atoms with Crippen molar-refractivity contribution < 1.29 is 5.11 Å². The highest BCUT2D eigenvalue weighted by molar-refractivity contribution is 4.86. The van der Waals surface area contributed by atoms with Crippen LogP contribution in [-0.2, 0) is 6.54 Å². The summed E-state index contributed by atoms with van der Waals surface area (Å²) in [7, 11) is 0. The summed E-state index contributed by atoms with van der Waals surface area (Å²) in [4.78, 5) is 1.42. The summed E-state index contributed by atoms with van der Waals surface area (Å²) in [6, 6.07) is -0.518. The molecule has 1 rings (SSSR count). The van der Waals surface area contributed by atoms with E-state index >= 15 is 0 Å². The van der Waals surface area contributed by atoms with Crippen LogP contribution in [-0.4, -0.2) is 31.9 Å². The first-order valence-corrected chi connectivity index (χ1v) is 3.42. The number of aliphatic hydroxyl groups is 1. The van der Waals surface area contributed by atoms with E-state index in [1.54, 1.807) is 0 Å². The molecule has 1 heterocycles. The molecule has 1 aromatic heterocycles. The molecule has 0 amide bonds. The van der Waals surface area contributed by atoms with Crippen LogP contribution in [0.1, 0.15) is 18.8 Å². The standard InChI is InChI=1S/C5H11N5O/c1-2-10-8-5(7-9-10)4(6)3-11/h4,11H,2-3,6H2,1H3. The highest BCUT2D eigenvalue weighted by atomic mass is 16.3. The molecule has 0 radical (unpaired) electrons. The van der Waals surface area contributed by atoms with Gasteiger partial charge in [-0.05, 0) is 12.1 Å². The summed E-state index contributed by atoms with van der Waals surface area (Å²) in [5.74, 6) is 0.384. The molecule has 0 spiro atoms. The Morgan fingerprint density at radius 3 is 2.91 bits per heavy atom. The van der Waals surface area contributed by atoms with Crippen LogP contribution in [0, 0.1) is 0 Å². The Morgan fingerprint density at radius 1 is 1.73 bits per heavy atom. The van der Waals surface area contributed by atoms with E-state index in [9.17, 15) is 0 Å². The number of hydrogen-bond acceptors (Lipinski definition) is 5. The molecular weight excluding hydrogens is 146 g/mol. The van der Waals surface area contributed by atoms with Gasteiger partial charge in [-0.1, -0.05) is 0 Å². The van der Waals surface area contributed by atoms with Gasteiger partial charge in [-0.2, -0.15) is 4.80 Å². The molecule has 0 aromatic carbocycles. The summed E-state index contributed by atoms with van der Waals surface area (Å²) in [6.45, 7) is 2.40. The molecule has 11 heavy (non-hydrogen) atoms. The van der Waals surface area contributed by atoms with Gasteiger partial charge in [0.05, 0.1) is 19.2 Å². The van der Waals surface area contributed by atoms with Crippen LogP contribution < -0.4 is 5.73 Å². The van der Waals surface area contributed by atoms with E-state index in [1.807, 2.05) is 6.92 Å². The Balaban J connectivity index is 2.71. The third-order valence-corrected chi connectivity index (χ3v) is 1.28. The molecule has 6 nitrogen and oxygen atoms in total. The zero-order valence-electron chi connectivity index (χ0n) is 6.30. The van der Waals surface area contributed by atoms with E-state index in [2.05, 4.69) is 15.4 Å². The van der Waals surface area contributed by atoms with Gasteiger partial charge in [0.25, 0.3) is 0 Å². The first kappa shape index (κ1) is 8.09. The molecule has 1 unspecified atom stereocenters. The molecule has 62 valence electrons. The Bertz CT molecular complexity index is 222. The van der Waals surface area contributed by atoms with Gasteiger partial charge in [0, 0.05) is 0 Å². The van der Waals surface area contributed by atoms with Crippen LogP contribution in [0.25, 0.3) is 0 Å². The molecule has 0 fully saturated rings. The lowest BCUT2D eigenvalue weighted by atomic mass is 10.3. The summed E-state index contributed by atoms with van der Waals surface area (Å²) < 4.78 is 0. The van der Waals surface area contributed by atoms with Crippen molar-refractivity contribution in [1.82, 2.24) is 20.2 Å². The number of aliphatic hydroxyl groups excluding tert-OH is 1. The average Bonchev–Trinajstić information content (AvgIpc) is 2.50. The zero-order valence-corrected chi connectivity index (χ0v) is 6.30.